The Bertz CT molecular complexity index is 301. The lowest BCUT2D eigenvalue weighted by atomic mass is 10.1. The number of carbonyl (C=O) groups excluding carboxylic acids is 1. The Kier molecular flexibility index (Phi) is 4.82. The standard InChI is InChI=1S/C11H20N2O3S/c1-11(2,9(12)10(15)16)17-7-8(14)13-5-3-4-6-13/h9H,3-7,12H2,1-2H3,(H,15,16)/t9-/m0/s1. The Balaban J connectivity index is 2.43. The first-order chi connectivity index (χ1) is 7.84. The summed E-state index contributed by atoms with van der Waals surface area (Å²) < 4.78 is -0.638. The highest BCUT2D eigenvalue weighted by atomic mass is 32.2. The molecule has 0 aromatic carbocycles. The van der Waals surface area contributed by atoms with Gasteiger partial charge in [0.2, 0.25) is 5.91 Å². The highest BCUT2D eigenvalue weighted by Gasteiger charge is 2.33. The summed E-state index contributed by atoms with van der Waals surface area (Å²) in [6, 6.07) is -0.959. The number of nitrogens with zero attached hydrogens (tertiary/aromatic N) is 1. The van der Waals surface area contributed by atoms with Crippen LogP contribution in [0.5, 0.6) is 0 Å². The van der Waals surface area contributed by atoms with Crippen molar-refractivity contribution in [3.05, 3.63) is 0 Å². The molecule has 0 aromatic heterocycles. The fourth-order valence-corrected chi connectivity index (χ4v) is 2.65. The average Bonchev–Trinajstić information content (AvgIpc) is 2.78. The SMILES string of the molecule is CC(C)(SCC(=O)N1CCCC1)[C@@H](N)C(=O)O. The third-order valence-corrected chi connectivity index (χ3v) is 4.43. The Morgan fingerprint density at radius 1 is 1.41 bits per heavy atom. The number of carboxylic acid groups (broad SMARTS) is 1. The van der Waals surface area contributed by atoms with Crippen LogP contribution < -0.4 is 5.73 Å². The van der Waals surface area contributed by atoms with Crippen LogP contribution in [0.3, 0.4) is 0 Å². The van der Waals surface area contributed by atoms with Gasteiger partial charge in [-0.1, -0.05) is 0 Å². The van der Waals surface area contributed by atoms with Crippen molar-refractivity contribution in [1.29, 1.82) is 0 Å². The molecule has 1 rings (SSSR count). The van der Waals surface area contributed by atoms with Crippen molar-refractivity contribution in [2.24, 2.45) is 5.73 Å². The number of likely N-dealkylation sites (tertiary alicyclic amines) is 1. The number of hydrogen-bond donors (Lipinski definition) is 2. The number of thioether (sulfide) groups is 1. The van der Waals surface area contributed by atoms with Crippen LogP contribution in [0, 0.1) is 0 Å². The van der Waals surface area contributed by atoms with Crippen molar-refractivity contribution >= 4 is 23.6 Å². The third kappa shape index (κ3) is 3.89. The molecule has 17 heavy (non-hydrogen) atoms. The molecule has 3 N–H and O–H groups in total. The van der Waals surface area contributed by atoms with E-state index in [1.165, 1.54) is 11.8 Å². The number of aliphatic carboxylic acids is 1. The molecule has 1 aliphatic rings. The summed E-state index contributed by atoms with van der Waals surface area (Å²) in [5.74, 6) is -0.650. The molecule has 1 amide bonds. The summed E-state index contributed by atoms with van der Waals surface area (Å²) in [5.41, 5.74) is 5.59. The normalized spacial score (nSPS) is 18.2. The van der Waals surface area contributed by atoms with Crippen LogP contribution in [0.2, 0.25) is 0 Å². The average molecular weight is 260 g/mol. The summed E-state index contributed by atoms with van der Waals surface area (Å²) in [6.45, 7) is 5.16. The summed E-state index contributed by atoms with van der Waals surface area (Å²) >= 11 is 1.31. The lowest BCUT2D eigenvalue weighted by Crippen LogP contribution is -2.47. The Hall–Kier alpha value is -0.750. The van der Waals surface area contributed by atoms with Gasteiger partial charge in [0, 0.05) is 17.8 Å². The largest absolute Gasteiger partial charge is 0.480 e. The molecular weight excluding hydrogens is 240 g/mol. The molecule has 0 saturated carbocycles. The topological polar surface area (TPSA) is 83.6 Å². The van der Waals surface area contributed by atoms with Crippen LogP contribution in [0.25, 0.3) is 0 Å². The number of rotatable bonds is 5. The van der Waals surface area contributed by atoms with Crippen LogP contribution in [-0.2, 0) is 9.59 Å². The van der Waals surface area contributed by atoms with Gasteiger partial charge in [0.1, 0.15) is 6.04 Å². The zero-order valence-electron chi connectivity index (χ0n) is 10.3. The fourth-order valence-electron chi connectivity index (χ4n) is 1.69. The van der Waals surface area contributed by atoms with E-state index >= 15 is 0 Å². The zero-order valence-corrected chi connectivity index (χ0v) is 11.1. The maximum absolute atomic E-state index is 11.8. The smallest absolute Gasteiger partial charge is 0.321 e. The summed E-state index contributed by atoms with van der Waals surface area (Å²) in [4.78, 5) is 24.4. The van der Waals surface area contributed by atoms with Crippen molar-refractivity contribution in [3.63, 3.8) is 0 Å². The highest BCUT2D eigenvalue weighted by molar-refractivity contribution is 8.01. The lowest BCUT2D eigenvalue weighted by molar-refractivity contribution is -0.139. The molecule has 0 aliphatic carbocycles. The number of nitrogens with two attached hydrogens (primary N) is 1. The number of amides is 1. The van der Waals surface area contributed by atoms with Crippen molar-refractivity contribution in [3.8, 4) is 0 Å². The van der Waals surface area contributed by atoms with Crippen molar-refractivity contribution in [2.45, 2.75) is 37.5 Å². The van der Waals surface area contributed by atoms with Gasteiger partial charge in [-0.05, 0) is 26.7 Å². The molecule has 0 spiro atoms. The lowest BCUT2D eigenvalue weighted by Gasteiger charge is -2.28. The molecule has 1 aliphatic heterocycles. The summed E-state index contributed by atoms with van der Waals surface area (Å²) in [7, 11) is 0. The van der Waals surface area contributed by atoms with E-state index in [1.807, 2.05) is 4.90 Å². The van der Waals surface area contributed by atoms with Gasteiger partial charge in [0.15, 0.2) is 0 Å². The first-order valence-electron chi connectivity index (χ1n) is 5.74. The molecule has 98 valence electrons. The van der Waals surface area contributed by atoms with E-state index < -0.39 is 16.8 Å². The quantitative estimate of drug-likeness (QED) is 0.753. The van der Waals surface area contributed by atoms with Gasteiger partial charge in [-0.15, -0.1) is 11.8 Å². The van der Waals surface area contributed by atoms with Crippen molar-refractivity contribution in [2.75, 3.05) is 18.8 Å². The summed E-state index contributed by atoms with van der Waals surface area (Å²) in [5, 5.41) is 8.86. The van der Waals surface area contributed by atoms with Gasteiger partial charge >= 0.3 is 5.97 Å². The molecule has 0 unspecified atom stereocenters. The zero-order chi connectivity index (χ0) is 13.1. The molecule has 0 aromatic rings. The molecule has 1 fully saturated rings. The number of carboxylic acids is 1. The second-order valence-corrected chi connectivity index (χ2v) is 6.43. The Morgan fingerprint density at radius 3 is 2.41 bits per heavy atom. The van der Waals surface area contributed by atoms with E-state index in [1.54, 1.807) is 13.8 Å². The number of carbonyl (C=O) groups is 2. The van der Waals surface area contributed by atoms with Crippen molar-refractivity contribution < 1.29 is 14.7 Å². The summed E-state index contributed by atoms with van der Waals surface area (Å²) in [6.07, 6.45) is 2.13. The van der Waals surface area contributed by atoms with Crippen molar-refractivity contribution in [1.82, 2.24) is 4.90 Å². The monoisotopic (exact) mass is 260 g/mol. The number of hydrogen-bond acceptors (Lipinski definition) is 4. The minimum atomic E-state index is -1.03. The van der Waals surface area contributed by atoms with E-state index in [2.05, 4.69) is 0 Å². The van der Waals surface area contributed by atoms with Crippen LogP contribution in [0.1, 0.15) is 26.7 Å². The van der Waals surface area contributed by atoms with E-state index in [0.717, 1.165) is 25.9 Å². The van der Waals surface area contributed by atoms with Crippen LogP contribution >= 0.6 is 11.8 Å². The first-order valence-corrected chi connectivity index (χ1v) is 6.73. The predicted molar refractivity (Wildman–Crippen MR) is 68.0 cm³/mol. The van der Waals surface area contributed by atoms with Gasteiger partial charge in [-0.3, -0.25) is 9.59 Å². The van der Waals surface area contributed by atoms with Crippen LogP contribution in [0.15, 0.2) is 0 Å². The van der Waals surface area contributed by atoms with Crippen LogP contribution in [0.4, 0.5) is 0 Å². The maximum atomic E-state index is 11.8. The minimum absolute atomic E-state index is 0.0816. The Labute approximate surface area is 106 Å². The molecule has 0 bridgehead atoms. The van der Waals surface area contributed by atoms with E-state index in [4.69, 9.17) is 10.8 Å². The highest BCUT2D eigenvalue weighted by Crippen LogP contribution is 2.28. The molecule has 0 radical (unpaired) electrons. The van der Waals surface area contributed by atoms with E-state index in [-0.39, 0.29) is 5.91 Å². The van der Waals surface area contributed by atoms with Gasteiger partial charge in [0.05, 0.1) is 5.75 Å². The van der Waals surface area contributed by atoms with E-state index in [0.29, 0.717) is 5.75 Å². The maximum Gasteiger partial charge on any atom is 0.321 e. The second-order valence-electron chi connectivity index (χ2n) is 4.80. The molecule has 1 heterocycles. The van der Waals surface area contributed by atoms with Gasteiger partial charge in [0.25, 0.3) is 0 Å². The molecule has 5 nitrogen and oxygen atoms in total. The molecule has 1 saturated heterocycles. The van der Waals surface area contributed by atoms with Gasteiger partial charge in [-0.2, -0.15) is 0 Å². The molecule has 6 heteroatoms. The first kappa shape index (κ1) is 14.3. The van der Waals surface area contributed by atoms with E-state index in [9.17, 15) is 9.59 Å². The third-order valence-electron chi connectivity index (χ3n) is 3.04. The van der Waals surface area contributed by atoms with Gasteiger partial charge < -0.3 is 15.7 Å². The molecular formula is C11H20N2O3S. The Morgan fingerprint density at radius 2 is 1.94 bits per heavy atom. The molecule has 1 atom stereocenters. The fraction of sp³-hybridized carbons (Fsp3) is 0.818. The second kappa shape index (κ2) is 5.73. The van der Waals surface area contributed by atoms with Gasteiger partial charge in [-0.25, -0.2) is 0 Å². The predicted octanol–water partition coefficient (Wildman–Crippen LogP) is 0.532. The van der Waals surface area contributed by atoms with Crippen LogP contribution in [-0.4, -0.2) is 51.5 Å². The minimum Gasteiger partial charge on any atom is -0.480 e.